The van der Waals surface area contributed by atoms with E-state index in [1.54, 1.807) is 0 Å². The van der Waals surface area contributed by atoms with Gasteiger partial charge in [0.2, 0.25) is 5.91 Å². The molecular formula is C17H26N2O. The van der Waals surface area contributed by atoms with Gasteiger partial charge in [-0.2, -0.15) is 0 Å². The number of nitrogens with one attached hydrogen (secondary N) is 1. The maximum atomic E-state index is 12.1. The second-order valence-corrected chi connectivity index (χ2v) is 5.63. The van der Waals surface area contributed by atoms with E-state index >= 15 is 0 Å². The van der Waals surface area contributed by atoms with Crippen LogP contribution in [0, 0.1) is 0 Å². The lowest BCUT2D eigenvalue weighted by Gasteiger charge is -2.29. The number of hydrogen-bond acceptors (Lipinski definition) is 2. The summed E-state index contributed by atoms with van der Waals surface area (Å²) >= 11 is 0. The molecule has 1 aromatic carbocycles. The van der Waals surface area contributed by atoms with E-state index in [-0.39, 0.29) is 5.91 Å². The number of aryl methyl sites for hydroxylation is 1. The summed E-state index contributed by atoms with van der Waals surface area (Å²) in [5.74, 6) is 0.281. The van der Waals surface area contributed by atoms with E-state index in [9.17, 15) is 4.79 Å². The van der Waals surface area contributed by atoms with Gasteiger partial charge in [0.1, 0.15) is 0 Å². The Morgan fingerprint density at radius 2 is 2.05 bits per heavy atom. The Morgan fingerprint density at radius 3 is 2.85 bits per heavy atom. The van der Waals surface area contributed by atoms with Crippen molar-refractivity contribution < 1.29 is 4.79 Å². The summed E-state index contributed by atoms with van der Waals surface area (Å²) < 4.78 is 0. The van der Waals surface area contributed by atoms with Crippen molar-refractivity contribution >= 4 is 11.6 Å². The van der Waals surface area contributed by atoms with Crippen LogP contribution in [0.5, 0.6) is 0 Å². The van der Waals surface area contributed by atoms with E-state index < -0.39 is 0 Å². The van der Waals surface area contributed by atoms with Crippen molar-refractivity contribution in [3.05, 3.63) is 29.8 Å². The highest BCUT2D eigenvalue weighted by Crippen LogP contribution is 2.27. The standard InChI is InChI=1S/C17H26N2O/c1-3-18-14(2)8-6-7-13-19-16-10-5-4-9-15(16)11-12-17(19)20/h4-5,9-10,14,18H,3,6-8,11-13H2,1-2H3. The second-order valence-electron chi connectivity index (χ2n) is 5.63. The second kappa shape index (κ2) is 7.44. The molecule has 0 saturated carbocycles. The van der Waals surface area contributed by atoms with Gasteiger partial charge in [-0.1, -0.05) is 31.5 Å². The first kappa shape index (κ1) is 15.0. The maximum absolute atomic E-state index is 12.1. The van der Waals surface area contributed by atoms with Gasteiger partial charge in [-0.25, -0.2) is 0 Å². The van der Waals surface area contributed by atoms with E-state index in [2.05, 4.69) is 37.4 Å². The quantitative estimate of drug-likeness (QED) is 0.775. The van der Waals surface area contributed by atoms with Gasteiger partial charge in [-0.05, 0) is 44.4 Å². The first-order chi connectivity index (χ1) is 9.72. The lowest BCUT2D eigenvalue weighted by Crippen LogP contribution is -2.36. The predicted octanol–water partition coefficient (Wildman–Crippen LogP) is 3.13. The van der Waals surface area contributed by atoms with Crippen molar-refractivity contribution in [2.45, 2.75) is 52.0 Å². The molecule has 0 aliphatic carbocycles. The third-order valence-corrected chi connectivity index (χ3v) is 4.01. The lowest BCUT2D eigenvalue weighted by molar-refractivity contribution is -0.118. The predicted molar refractivity (Wildman–Crippen MR) is 84.1 cm³/mol. The number of carbonyl (C=O) groups excluding carboxylic acids is 1. The van der Waals surface area contributed by atoms with Gasteiger partial charge in [0, 0.05) is 24.7 Å². The topological polar surface area (TPSA) is 32.3 Å². The molecule has 20 heavy (non-hydrogen) atoms. The molecule has 1 amide bonds. The molecule has 0 fully saturated rings. The minimum Gasteiger partial charge on any atom is -0.315 e. The van der Waals surface area contributed by atoms with Crippen LogP contribution in [0.2, 0.25) is 0 Å². The van der Waals surface area contributed by atoms with E-state index in [1.807, 2.05) is 11.0 Å². The molecule has 1 N–H and O–H groups in total. The molecule has 0 bridgehead atoms. The number of amides is 1. The molecule has 1 aliphatic heterocycles. The van der Waals surface area contributed by atoms with Gasteiger partial charge in [0.15, 0.2) is 0 Å². The fraction of sp³-hybridized carbons (Fsp3) is 0.588. The fourth-order valence-corrected chi connectivity index (χ4v) is 2.91. The van der Waals surface area contributed by atoms with E-state index in [4.69, 9.17) is 0 Å². The van der Waals surface area contributed by atoms with Crippen molar-refractivity contribution in [3.8, 4) is 0 Å². The molecule has 0 spiro atoms. The third kappa shape index (κ3) is 3.83. The summed E-state index contributed by atoms with van der Waals surface area (Å²) in [6.45, 7) is 6.25. The number of para-hydroxylation sites is 1. The number of unbranched alkanes of at least 4 members (excludes halogenated alkanes) is 1. The molecule has 3 nitrogen and oxygen atoms in total. The van der Waals surface area contributed by atoms with Gasteiger partial charge in [-0.3, -0.25) is 4.79 Å². The highest BCUT2D eigenvalue weighted by atomic mass is 16.2. The van der Waals surface area contributed by atoms with E-state index in [0.29, 0.717) is 12.5 Å². The van der Waals surface area contributed by atoms with E-state index in [0.717, 1.165) is 31.6 Å². The number of anilines is 1. The minimum absolute atomic E-state index is 0.281. The Balaban J connectivity index is 1.85. The molecule has 2 rings (SSSR count). The summed E-state index contributed by atoms with van der Waals surface area (Å²) in [5.41, 5.74) is 2.44. The number of nitrogens with zero attached hydrogens (tertiary/aromatic N) is 1. The van der Waals surface area contributed by atoms with Gasteiger partial charge in [0.05, 0.1) is 0 Å². The lowest BCUT2D eigenvalue weighted by atomic mass is 10.0. The SMILES string of the molecule is CCNC(C)CCCCN1C(=O)CCc2ccccc21. The highest BCUT2D eigenvalue weighted by molar-refractivity contribution is 5.96. The van der Waals surface area contributed by atoms with Gasteiger partial charge in [0.25, 0.3) is 0 Å². The summed E-state index contributed by atoms with van der Waals surface area (Å²) in [5, 5.41) is 3.43. The van der Waals surface area contributed by atoms with Crippen molar-refractivity contribution in [1.29, 1.82) is 0 Å². The van der Waals surface area contributed by atoms with Crippen molar-refractivity contribution in [2.24, 2.45) is 0 Å². The first-order valence-corrected chi connectivity index (χ1v) is 7.84. The van der Waals surface area contributed by atoms with Crippen molar-refractivity contribution in [2.75, 3.05) is 18.0 Å². The average Bonchev–Trinajstić information content (AvgIpc) is 2.45. The molecular weight excluding hydrogens is 248 g/mol. The molecule has 110 valence electrons. The number of fused-ring (bicyclic) bond motifs is 1. The third-order valence-electron chi connectivity index (χ3n) is 4.01. The number of carbonyl (C=O) groups is 1. The Morgan fingerprint density at radius 1 is 1.25 bits per heavy atom. The van der Waals surface area contributed by atoms with Gasteiger partial charge >= 0.3 is 0 Å². The van der Waals surface area contributed by atoms with Crippen LogP contribution >= 0.6 is 0 Å². The number of benzene rings is 1. The van der Waals surface area contributed by atoms with Crippen LogP contribution in [0.3, 0.4) is 0 Å². The van der Waals surface area contributed by atoms with Crippen LogP contribution < -0.4 is 10.2 Å². The zero-order valence-electron chi connectivity index (χ0n) is 12.7. The Kier molecular flexibility index (Phi) is 5.60. The Bertz CT molecular complexity index is 444. The largest absolute Gasteiger partial charge is 0.315 e. The van der Waals surface area contributed by atoms with Crippen molar-refractivity contribution in [1.82, 2.24) is 5.32 Å². The maximum Gasteiger partial charge on any atom is 0.227 e. The normalized spacial score (nSPS) is 16.1. The molecule has 0 radical (unpaired) electrons. The smallest absolute Gasteiger partial charge is 0.227 e. The molecule has 1 unspecified atom stereocenters. The van der Waals surface area contributed by atoms with E-state index in [1.165, 1.54) is 18.4 Å². The minimum atomic E-state index is 0.281. The van der Waals surface area contributed by atoms with Gasteiger partial charge in [-0.15, -0.1) is 0 Å². The average molecular weight is 274 g/mol. The summed E-state index contributed by atoms with van der Waals surface area (Å²) in [4.78, 5) is 14.1. The van der Waals surface area contributed by atoms with Crippen LogP contribution in [-0.4, -0.2) is 25.0 Å². The zero-order valence-corrected chi connectivity index (χ0v) is 12.7. The monoisotopic (exact) mass is 274 g/mol. The summed E-state index contributed by atoms with van der Waals surface area (Å²) in [7, 11) is 0. The van der Waals surface area contributed by atoms with Gasteiger partial charge < -0.3 is 10.2 Å². The van der Waals surface area contributed by atoms with Crippen LogP contribution in [0.25, 0.3) is 0 Å². The molecule has 1 heterocycles. The van der Waals surface area contributed by atoms with Crippen molar-refractivity contribution in [3.63, 3.8) is 0 Å². The first-order valence-electron chi connectivity index (χ1n) is 7.84. The molecule has 1 aromatic rings. The van der Waals surface area contributed by atoms with Crippen LogP contribution in [-0.2, 0) is 11.2 Å². The van der Waals surface area contributed by atoms with Crippen LogP contribution in [0.1, 0.15) is 45.1 Å². The van der Waals surface area contributed by atoms with Crippen LogP contribution in [0.15, 0.2) is 24.3 Å². The number of rotatable bonds is 7. The summed E-state index contributed by atoms with van der Waals surface area (Å²) in [6, 6.07) is 8.88. The molecule has 1 aliphatic rings. The zero-order chi connectivity index (χ0) is 14.4. The number of hydrogen-bond donors (Lipinski definition) is 1. The molecule has 3 heteroatoms. The summed E-state index contributed by atoms with van der Waals surface area (Å²) in [6.07, 6.45) is 4.97. The highest BCUT2D eigenvalue weighted by Gasteiger charge is 2.22. The Labute approximate surface area is 122 Å². The molecule has 0 aromatic heterocycles. The fourth-order valence-electron chi connectivity index (χ4n) is 2.91. The molecule has 1 atom stereocenters. The Hall–Kier alpha value is -1.35. The molecule has 0 saturated heterocycles. The van der Waals surface area contributed by atoms with Crippen LogP contribution in [0.4, 0.5) is 5.69 Å².